The van der Waals surface area contributed by atoms with Crippen LogP contribution in [0.15, 0.2) is 0 Å². The summed E-state index contributed by atoms with van der Waals surface area (Å²) >= 11 is 0. The number of carboxylic acids is 1. The zero-order chi connectivity index (χ0) is 9.26. The molecule has 2 fully saturated rings. The minimum Gasteiger partial charge on any atom is -0.481 e. The average Bonchev–Trinajstić information content (AvgIpc) is 2.87. The molecule has 4 nitrogen and oxygen atoms in total. The van der Waals surface area contributed by atoms with E-state index in [0.29, 0.717) is 6.04 Å². The summed E-state index contributed by atoms with van der Waals surface area (Å²) in [5.41, 5.74) is 0. The largest absolute Gasteiger partial charge is 0.481 e. The second-order valence-corrected chi connectivity index (χ2v) is 3.92. The Hall–Kier alpha value is -0.610. The number of aliphatic carboxylic acids is 1. The second kappa shape index (κ2) is 3.64. The summed E-state index contributed by atoms with van der Waals surface area (Å²) < 4.78 is 0. The summed E-state index contributed by atoms with van der Waals surface area (Å²) in [6.07, 6.45) is 2.80. The van der Waals surface area contributed by atoms with Gasteiger partial charge in [0.15, 0.2) is 0 Å². The Kier molecular flexibility index (Phi) is 2.51. The van der Waals surface area contributed by atoms with Crippen LogP contribution in [0.1, 0.15) is 19.3 Å². The predicted octanol–water partition coefficient (Wildman–Crippen LogP) is -0.103. The lowest BCUT2D eigenvalue weighted by Gasteiger charge is -2.35. The molecule has 1 aliphatic carbocycles. The van der Waals surface area contributed by atoms with Crippen LogP contribution < -0.4 is 5.32 Å². The van der Waals surface area contributed by atoms with Crippen LogP contribution in [-0.4, -0.2) is 47.7 Å². The van der Waals surface area contributed by atoms with Crippen LogP contribution in [0.3, 0.4) is 0 Å². The van der Waals surface area contributed by atoms with Crippen molar-refractivity contribution in [3.63, 3.8) is 0 Å². The van der Waals surface area contributed by atoms with Gasteiger partial charge in [-0.15, -0.1) is 0 Å². The maximum Gasteiger partial charge on any atom is 0.304 e. The molecule has 1 saturated carbocycles. The van der Waals surface area contributed by atoms with E-state index < -0.39 is 5.97 Å². The SMILES string of the molecule is O=C(O)CC1CNCCN1C1CC1. The third kappa shape index (κ3) is 2.19. The molecule has 1 saturated heterocycles. The molecule has 0 aromatic rings. The van der Waals surface area contributed by atoms with E-state index in [1.807, 2.05) is 0 Å². The van der Waals surface area contributed by atoms with Crippen LogP contribution >= 0.6 is 0 Å². The number of hydrogen-bond acceptors (Lipinski definition) is 3. The van der Waals surface area contributed by atoms with Gasteiger partial charge in [0.05, 0.1) is 6.42 Å². The number of carboxylic acid groups (broad SMARTS) is 1. The highest BCUT2D eigenvalue weighted by atomic mass is 16.4. The van der Waals surface area contributed by atoms with Crippen LogP contribution in [-0.2, 0) is 4.79 Å². The van der Waals surface area contributed by atoms with Gasteiger partial charge in [-0.3, -0.25) is 9.69 Å². The van der Waals surface area contributed by atoms with Crippen LogP contribution in [0.25, 0.3) is 0 Å². The van der Waals surface area contributed by atoms with Crippen molar-refractivity contribution in [2.75, 3.05) is 19.6 Å². The van der Waals surface area contributed by atoms with Crippen molar-refractivity contribution in [3.05, 3.63) is 0 Å². The Morgan fingerprint density at radius 3 is 2.92 bits per heavy atom. The van der Waals surface area contributed by atoms with Crippen LogP contribution in [0, 0.1) is 0 Å². The average molecular weight is 184 g/mol. The molecule has 74 valence electrons. The van der Waals surface area contributed by atoms with Crippen LogP contribution in [0.4, 0.5) is 0 Å². The van der Waals surface area contributed by atoms with Gasteiger partial charge in [-0.25, -0.2) is 0 Å². The predicted molar refractivity (Wildman–Crippen MR) is 48.6 cm³/mol. The van der Waals surface area contributed by atoms with E-state index in [9.17, 15) is 4.79 Å². The minimum atomic E-state index is -0.681. The quantitative estimate of drug-likeness (QED) is 0.643. The lowest BCUT2D eigenvalue weighted by molar-refractivity contribution is -0.138. The number of piperazine rings is 1. The van der Waals surface area contributed by atoms with Gasteiger partial charge in [0.2, 0.25) is 0 Å². The molecular weight excluding hydrogens is 168 g/mol. The van der Waals surface area contributed by atoms with Crippen molar-refractivity contribution in [2.45, 2.75) is 31.3 Å². The Labute approximate surface area is 77.9 Å². The minimum absolute atomic E-state index is 0.221. The number of carbonyl (C=O) groups is 1. The first-order valence-electron chi connectivity index (χ1n) is 4.95. The molecule has 13 heavy (non-hydrogen) atoms. The van der Waals surface area contributed by atoms with Gasteiger partial charge in [0.25, 0.3) is 0 Å². The lowest BCUT2D eigenvalue weighted by atomic mass is 10.1. The summed E-state index contributed by atoms with van der Waals surface area (Å²) in [6, 6.07) is 0.908. The van der Waals surface area contributed by atoms with E-state index in [1.165, 1.54) is 12.8 Å². The fourth-order valence-electron chi connectivity index (χ4n) is 2.05. The van der Waals surface area contributed by atoms with Gasteiger partial charge in [-0.05, 0) is 12.8 Å². The number of rotatable bonds is 3. The van der Waals surface area contributed by atoms with Gasteiger partial charge in [0, 0.05) is 31.7 Å². The van der Waals surface area contributed by atoms with Crippen molar-refractivity contribution < 1.29 is 9.90 Å². The fraction of sp³-hybridized carbons (Fsp3) is 0.889. The van der Waals surface area contributed by atoms with Crippen molar-refractivity contribution in [2.24, 2.45) is 0 Å². The fourth-order valence-corrected chi connectivity index (χ4v) is 2.05. The molecule has 1 aliphatic heterocycles. The first-order chi connectivity index (χ1) is 6.27. The van der Waals surface area contributed by atoms with E-state index in [2.05, 4.69) is 10.2 Å². The summed E-state index contributed by atoms with van der Waals surface area (Å²) in [5, 5.41) is 12.0. The molecule has 0 radical (unpaired) electrons. The number of nitrogens with one attached hydrogen (secondary N) is 1. The molecule has 1 heterocycles. The zero-order valence-electron chi connectivity index (χ0n) is 7.70. The van der Waals surface area contributed by atoms with Crippen LogP contribution in [0.5, 0.6) is 0 Å². The van der Waals surface area contributed by atoms with Gasteiger partial charge in [-0.1, -0.05) is 0 Å². The molecule has 1 atom stereocenters. The maximum absolute atomic E-state index is 10.6. The maximum atomic E-state index is 10.6. The molecule has 2 N–H and O–H groups in total. The summed E-state index contributed by atoms with van der Waals surface area (Å²) in [6.45, 7) is 2.86. The highest BCUT2D eigenvalue weighted by molar-refractivity contribution is 5.67. The molecule has 2 aliphatic rings. The first kappa shape index (κ1) is 8.97. The Morgan fingerprint density at radius 2 is 2.31 bits per heavy atom. The van der Waals surface area contributed by atoms with Gasteiger partial charge >= 0.3 is 5.97 Å². The normalized spacial score (nSPS) is 30.3. The second-order valence-electron chi connectivity index (χ2n) is 3.92. The van der Waals surface area contributed by atoms with Crippen molar-refractivity contribution in [3.8, 4) is 0 Å². The van der Waals surface area contributed by atoms with E-state index in [0.717, 1.165) is 19.6 Å². The Morgan fingerprint density at radius 1 is 1.54 bits per heavy atom. The highest BCUT2D eigenvalue weighted by Gasteiger charge is 2.35. The number of nitrogens with zero attached hydrogens (tertiary/aromatic N) is 1. The van der Waals surface area contributed by atoms with E-state index in [1.54, 1.807) is 0 Å². The molecular formula is C9H16N2O2. The molecule has 2 rings (SSSR count). The zero-order valence-corrected chi connectivity index (χ0v) is 7.70. The van der Waals surface area contributed by atoms with Crippen molar-refractivity contribution in [1.29, 1.82) is 0 Å². The van der Waals surface area contributed by atoms with Gasteiger partial charge in [0.1, 0.15) is 0 Å². The molecule has 0 spiro atoms. The van der Waals surface area contributed by atoms with E-state index in [4.69, 9.17) is 5.11 Å². The standard InChI is InChI=1S/C9H16N2O2/c12-9(13)5-8-6-10-3-4-11(8)7-1-2-7/h7-8,10H,1-6H2,(H,12,13). The number of hydrogen-bond donors (Lipinski definition) is 2. The van der Waals surface area contributed by atoms with E-state index >= 15 is 0 Å². The van der Waals surface area contributed by atoms with E-state index in [-0.39, 0.29) is 12.5 Å². The molecule has 0 aromatic heterocycles. The van der Waals surface area contributed by atoms with Crippen molar-refractivity contribution >= 4 is 5.97 Å². The topological polar surface area (TPSA) is 52.6 Å². The first-order valence-corrected chi connectivity index (χ1v) is 4.95. The van der Waals surface area contributed by atoms with Gasteiger partial charge < -0.3 is 10.4 Å². The third-order valence-corrected chi connectivity index (χ3v) is 2.82. The highest BCUT2D eigenvalue weighted by Crippen LogP contribution is 2.29. The van der Waals surface area contributed by atoms with Gasteiger partial charge in [-0.2, -0.15) is 0 Å². The van der Waals surface area contributed by atoms with Crippen LogP contribution in [0.2, 0.25) is 0 Å². The smallest absolute Gasteiger partial charge is 0.304 e. The molecule has 0 amide bonds. The third-order valence-electron chi connectivity index (χ3n) is 2.82. The molecule has 4 heteroatoms. The monoisotopic (exact) mass is 184 g/mol. The summed E-state index contributed by atoms with van der Waals surface area (Å²) in [4.78, 5) is 13.0. The lowest BCUT2D eigenvalue weighted by Crippen LogP contribution is -2.52. The molecule has 0 aromatic carbocycles. The Balaban J connectivity index is 1.91. The molecule has 0 bridgehead atoms. The van der Waals surface area contributed by atoms with Crippen molar-refractivity contribution in [1.82, 2.24) is 10.2 Å². The summed E-state index contributed by atoms with van der Waals surface area (Å²) in [5.74, 6) is -0.681. The Bertz CT molecular complexity index is 204. The molecule has 1 unspecified atom stereocenters. The summed E-state index contributed by atoms with van der Waals surface area (Å²) in [7, 11) is 0.